The molecule has 6 heteroatoms. The van der Waals surface area contributed by atoms with Crippen LogP contribution >= 0.6 is 22.7 Å². The lowest BCUT2D eigenvalue weighted by atomic mass is 10.1. The normalized spacial score (nSPS) is 10.8. The van der Waals surface area contributed by atoms with Crippen LogP contribution in [-0.2, 0) is 0 Å². The summed E-state index contributed by atoms with van der Waals surface area (Å²) >= 11 is 3.03. The molecule has 0 aliphatic heterocycles. The highest BCUT2D eigenvalue weighted by molar-refractivity contribution is 7.14. The first-order valence-electron chi connectivity index (χ1n) is 7.51. The molecule has 0 N–H and O–H groups in total. The molecule has 4 aromatic rings. The SMILES string of the molecule is COc1ccc2ccc(OC(=O)c3csc(-c4ccsc4)n3)cc2c1. The van der Waals surface area contributed by atoms with Crippen LogP contribution in [0.25, 0.3) is 21.3 Å². The minimum Gasteiger partial charge on any atom is -0.497 e. The number of rotatable bonds is 4. The summed E-state index contributed by atoms with van der Waals surface area (Å²) in [5.41, 5.74) is 1.34. The summed E-state index contributed by atoms with van der Waals surface area (Å²) in [7, 11) is 1.62. The first-order valence-corrected chi connectivity index (χ1v) is 9.33. The lowest BCUT2D eigenvalue weighted by Crippen LogP contribution is -2.08. The van der Waals surface area contributed by atoms with Crippen LogP contribution in [0.4, 0.5) is 0 Å². The van der Waals surface area contributed by atoms with Crippen LogP contribution in [0.15, 0.2) is 58.6 Å². The van der Waals surface area contributed by atoms with Gasteiger partial charge in [0.1, 0.15) is 16.5 Å². The topological polar surface area (TPSA) is 48.4 Å². The third kappa shape index (κ3) is 3.26. The number of esters is 1. The van der Waals surface area contributed by atoms with Gasteiger partial charge in [0.05, 0.1) is 7.11 Å². The van der Waals surface area contributed by atoms with E-state index in [1.165, 1.54) is 11.3 Å². The van der Waals surface area contributed by atoms with E-state index in [1.54, 1.807) is 29.9 Å². The number of ether oxygens (including phenoxy) is 2. The van der Waals surface area contributed by atoms with Gasteiger partial charge in [0.15, 0.2) is 5.69 Å². The summed E-state index contributed by atoms with van der Waals surface area (Å²) in [6.45, 7) is 0. The molecule has 0 fully saturated rings. The van der Waals surface area contributed by atoms with Crippen LogP contribution in [0.5, 0.6) is 11.5 Å². The molecule has 0 aliphatic rings. The van der Waals surface area contributed by atoms with Crippen molar-refractivity contribution in [3.05, 3.63) is 64.3 Å². The van der Waals surface area contributed by atoms with E-state index in [1.807, 2.05) is 47.2 Å². The Balaban J connectivity index is 1.57. The van der Waals surface area contributed by atoms with Crippen molar-refractivity contribution >= 4 is 39.4 Å². The van der Waals surface area contributed by atoms with Gasteiger partial charge in [-0.2, -0.15) is 11.3 Å². The van der Waals surface area contributed by atoms with Gasteiger partial charge in [-0.05, 0) is 46.5 Å². The van der Waals surface area contributed by atoms with Crippen molar-refractivity contribution in [2.24, 2.45) is 0 Å². The monoisotopic (exact) mass is 367 g/mol. The molecule has 0 radical (unpaired) electrons. The number of hydrogen-bond acceptors (Lipinski definition) is 6. The molecule has 25 heavy (non-hydrogen) atoms. The first kappa shape index (κ1) is 15.8. The van der Waals surface area contributed by atoms with Gasteiger partial charge in [-0.3, -0.25) is 0 Å². The molecule has 0 unspecified atom stereocenters. The largest absolute Gasteiger partial charge is 0.497 e. The van der Waals surface area contributed by atoms with Crippen LogP contribution in [0, 0.1) is 0 Å². The molecular formula is C19H13NO3S2. The molecule has 0 bridgehead atoms. The molecule has 0 spiro atoms. The third-order valence-corrected chi connectivity index (χ3v) is 5.29. The van der Waals surface area contributed by atoms with E-state index >= 15 is 0 Å². The minimum atomic E-state index is -0.458. The summed E-state index contributed by atoms with van der Waals surface area (Å²) in [6.07, 6.45) is 0. The number of hydrogen-bond donors (Lipinski definition) is 0. The summed E-state index contributed by atoms with van der Waals surface area (Å²) in [4.78, 5) is 16.7. The van der Waals surface area contributed by atoms with Crippen LogP contribution in [-0.4, -0.2) is 18.1 Å². The molecule has 4 nitrogen and oxygen atoms in total. The Kier molecular flexibility index (Phi) is 4.21. The van der Waals surface area contributed by atoms with E-state index in [0.29, 0.717) is 11.4 Å². The second-order valence-corrected chi connectivity index (χ2v) is 6.95. The van der Waals surface area contributed by atoms with Crippen molar-refractivity contribution in [3.63, 3.8) is 0 Å². The number of aromatic nitrogens is 1. The lowest BCUT2D eigenvalue weighted by molar-refractivity contribution is 0.0730. The number of fused-ring (bicyclic) bond motifs is 1. The molecule has 0 saturated heterocycles. The number of thiazole rings is 1. The third-order valence-electron chi connectivity index (χ3n) is 3.71. The molecule has 0 atom stereocenters. The summed E-state index contributed by atoms with van der Waals surface area (Å²) < 4.78 is 10.7. The highest BCUT2D eigenvalue weighted by Gasteiger charge is 2.14. The van der Waals surface area contributed by atoms with Crippen LogP contribution in [0.1, 0.15) is 10.5 Å². The summed E-state index contributed by atoms with van der Waals surface area (Å²) in [5.74, 6) is 0.784. The molecule has 4 rings (SSSR count). The van der Waals surface area contributed by atoms with E-state index in [2.05, 4.69) is 4.98 Å². The second-order valence-electron chi connectivity index (χ2n) is 5.31. The van der Waals surface area contributed by atoms with E-state index in [4.69, 9.17) is 9.47 Å². The van der Waals surface area contributed by atoms with Gasteiger partial charge in [-0.15, -0.1) is 11.3 Å². The first-order chi connectivity index (χ1) is 12.2. The maximum Gasteiger partial charge on any atom is 0.363 e. The zero-order valence-electron chi connectivity index (χ0n) is 13.3. The van der Waals surface area contributed by atoms with E-state index in [9.17, 15) is 4.79 Å². The van der Waals surface area contributed by atoms with Crippen molar-refractivity contribution in [2.75, 3.05) is 7.11 Å². The maximum absolute atomic E-state index is 12.4. The van der Waals surface area contributed by atoms with Gasteiger partial charge in [-0.1, -0.05) is 12.1 Å². The van der Waals surface area contributed by atoms with Gasteiger partial charge in [0, 0.05) is 16.3 Å². The molecule has 2 aromatic carbocycles. The van der Waals surface area contributed by atoms with Crippen LogP contribution in [0.3, 0.4) is 0 Å². The Bertz CT molecular complexity index is 1040. The Labute approximate surface area is 152 Å². The van der Waals surface area contributed by atoms with Crippen molar-refractivity contribution in [3.8, 4) is 22.1 Å². The van der Waals surface area contributed by atoms with E-state index in [0.717, 1.165) is 27.1 Å². The highest BCUT2D eigenvalue weighted by atomic mass is 32.1. The van der Waals surface area contributed by atoms with Crippen molar-refractivity contribution < 1.29 is 14.3 Å². The van der Waals surface area contributed by atoms with E-state index < -0.39 is 5.97 Å². The second kappa shape index (κ2) is 6.66. The summed E-state index contributed by atoms with van der Waals surface area (Å²) in [5, 5.41) is 8.52. The van der Waals surface area contributed by atoms with Crippen molar-refractivity contribution in [2.45, 2.75) is 0 Å². The number of thiophene rings is 1. The Morgan fingerprint density at radius 3 is 2.56 bits per heavy atom. The predicted molar refractivity (Wildman–Crippen MR) is 101 cm³/mol. The van der Waals surface area contributed by atoms with Gasteiger partial charge < -0.3 is 9.47 Å². The van der Waals surface area contributed by atoms with E-state index in [-0.39, 0.29) is 0 Å². The Morgan fingerprint density at radius 1 is 1.00 bits per heavy atom. The highest BCUT2D eigenvalue weighted by Crippen LogP contribution is 2.28. The zero-order chi connectivity index (χ0) is 17.2. The lowest BCUT2D eigenvalue weighted by Gasteiger charge is -2.06. The van der Waals surface area contributed by atoms with Gasteiger partial charge in [0.25, 0.3) is 0 Å². The number of benzene rings is 2. The van der Waals surface area contributed by atoms with Crippen LogP contribution in [0.2, 0.25) is 0 Å². The average molecular weight is 367 g/mol. The number of carbonyl (C=O) groups excluding carboxylic acids is 1. The molecule has 124 valence electrons. The van der Waals surface area contributed by atoms with Crippen molar-refractivity contribution in [1.29, 1.82) is 0 Å². The fourth-order valence-corrected chi connectivity index (χ4v) is 3.94. The van der Waals surface area contributed by atoms with Gasteiger partial charge in [-0.25, -0.2) is 9.78 Å². The van der Waals surface area contributed by atoms with Gasteiger partial charge >= 0.3 is 5.97 Å². The van der Waals surface area contributed by atoms with Crippen LogP contribution < -0.4 is 9.47 Å². The Hall–Kier alpha value is -2.70. The fraction of sp³-hybridized carbons (Fsp3) is 0.0526. The molecule has 0 amide bonds. The number of nitrogens with zero attached hydrogens (tertiary/aromatic N) is 1. The van der Waals surface area contributed by atoms with Crippen molar-refractivity contribution in [1.82, 2.24) is 4.98 Å². The predicted octanol–water partition coefficient (Wildman–Crippen LogP) is 5.25. The molecule has 0 aliphatic carbocycles. The zero-order valence-corrected chi connectivity index (χ0v) is 14.9. The Morgan fingerprint density at radius 2 is 1.80 bits per heavy atom. The summed E-state index contributed by atoms with van der Waals surface area (Å²) in [6, 6.07) is 13.3. The molecule has 2 heterocycles. The quantitative estimate of drug-likeness (QED) is 0.365. The molecular weight excluding hydrogens is 354 g/mol. The molecule has 2 aromatic heterocycles. The standard InChI is InChI=1S/C19H13NO3S2/c1-22-15-4-2-12-3-5-16(9-14(12)8-15)23-19(21)17-11-25-18(20-17)13-6-7-24-10-13/h2-11H,1H3. The number of methoxy groups -OCH3 is 1. The average Bonchev–Trinajstić information content (AvgIpc) is 3.32. The maximum atomic E-state index is 12.4. The minimum absolute atomic E-state index is 0.317. The number of carbonyl (C=O) groups is 1. The van der Waals surface area contributed by atoms with Gasteiger partial charge in [0.2, 0.25) is 0 Å². The molecule has 0 saturated carbocycles. The fourth-order valence-electron chi connectivity index (χ4n) is 2.44. The smallest absolute Gasteiger partial charge is 0.363 e.